The molecule has 0 radical (unpaired) electrons. The Balaban J connectivity index is 1.47. The van der Waals surface area contributed by atoms with E-state index in [0.29, 0.717) is 28.3 Å². The van der Waals surface area contributed by atoms with Gasteiger partial charge in [-0.3, -0.25) is 19.1 Å². The number of hydrogen-bond donors (Lipinski definition) is 1. The molecule has 33 heavy (non-hydrogen) atoms. The Bertz CT molecular complexity index is 1200. The number of amides is 1. The summed E-state index contributed by atoms with van der Waals surface area (Å²) in [6.07, 6.45) is 0.785. The lowest BCUT2D eigenvalue weighted by Crippen LogP contribution is -2.37. The molecule has 0 unspecified atom stereocenters. The van der Waals surface area contributed by atoms with Crippen molar-refractivity contribution >= 4 is 45.9 Å². The number of ether oxygens (including phenoxy) is 1. The lowest BCUT2D eigenvalue weighted by atomic mass is 10.2. The molecule has 4 rings (SSSR count). The number of rotatable bonds is 8. The fourth-order valence-corrected chi connectivity index (χ4v) is 4.64. The predicted molar refractivity (Wildman–Crippen MR) is 129 cm³/mol. The van der Waals surface area contributed by atoms with E-state index in [1.165, 1.54) is 30.0 Å². The number of anilines is 1. The molecule has 0 aliphatic carbocycles. The molecule has 1 saturated heterocycles. The van der Waals surface area contributed by atoms with Gasteiger partial charge in [-0.25, -0.2) is 9.37 Å². The van der Waals surface area contributed by atoms with Gasteiger partial charge in [-0.1, -0.05) is 35.5 Å². The minimum atomic E-state index is -0.550. The Morgan fingerprint density at radius 3 is 2.76 bits per heavy atom. The van der Waals surface area contributed by atoms with Crippen LogP contribution in [0.2, 0.25) is 5.02 Å². The molecule has 7 nitrogen and oxygen atoms in total. The molecule has 0 bridgehead atoms. The van der Waals surface area contributed by atoms with Crippen LogP contribution in [0, 0.1) is 5.82 Å². The van der Waals surface area contributed by atoms with Crippen molar-refractivity contribution in [2.24, 2.45) is 0 Å². The Kier molecular flexibility index (Phi) is 7.97. The number of aromatic nitrogens is 2. The molecular formula is C23H24ClFN4O3S. The minimum Gasteiger partial charge on any atom is -0.379 e. The second-order valence-corrected chi connectivity index (χ2v) is 8.99. The Labute approximate surface area is 199 Å². The van der Waals surface area contributed by atoms with Crippen molar-refractivity contribution in [3.05, 3.63) is 63.7 Å². The lowest BCUT2D eigenvalue weighted by Gasteiger charge is -2.26. The first-order valence-corrected chi connectivity index (χ1v) is 12.0. The van der Waals surface area contributed by atoms with Crippen LogP contribution in [0.1, 0.15) is 6.42 Å². The lowest BCUT2D eigenvalue weighted by molar-refractivity contribution is -0.113. The number of halogens is 2. The highest BCUT2D eigenvalue weighted by molar-refractivity contribution is 7.99. The van der Waals surface area contributed by atoms with Crippen molar-refractivity contribution < 1.29 is 13.9 Å². The van der Waals surface area contributed by atoms with Crippen LogP contribution < -0.4 is 10.9 Å². The Morgan fingerprint density at radius 1 is 1.18 bits per heavy atom. The molecule has 2 aromatic carbocycles. The summed E-state index contributed by atoms with van der Waals surface area (Å²) in [6.45, 7) is 4.60. The van der Waals surface area contributed by atoms with Crippen molar-refractivity contribution in [1.29, 1.82) is 0 Å². The average molecular weight is 491 g/mol. The zero-order chi connectivity index (χ0) is 23.2. The molecule has 1 amide bonds. The van der Waals surface area contributed by atoms with E-state index < -0.39 is 5.82 Å². The number of fused-ring (bicyclic) bond motifs is 1. The SMILES string of the molecule is O=C(CSc1nc2ccccc2c(=O)n1CCCN1CCOCC1)Nc1ccc(F)c(Cl)c1. The number of nitrogens with zero attached hydrogens (tertiary/aromatic N) is 3. The second kappa shape index (κ2) is 11.1. The molecule has 174 valence electrons. The van der Waals surface area contributed by atoms with Gasteiger partial charge in [0.25, 0.3) is 5.56 Å². The normalized spacial score (nSPS) is 14.5. The number of thioether (sulfide) groups is 1. The third-order valence-corrected chi connectivity index (χ3v) is 6.59. The van der Waals surface area contributed by atoms with E-state index in [1.807, 2.05) is 12.1 Å². The molecular weight excluding hydrogens is 467 g/mol. The zero-order valence-electron chi connectivity index (χ0n) is 17.9. The summed E-state index contributed by atoms with van der Waals surface area (Å²) < 4.78 is 20.4. The largest absolute Gasteiger partial charge is 0.379 e. The van der Waals surface area contributed by atoms with Gasteiger partial charge >= 0.3 is 0 Å². The molecule has 1 aliphatic heterocycles. The fraction of sp³-hybridized carbons (Fsp3) is 0.348. The van der Waals surface area contributed by atoms with E-state index in [2.05, 4.69) is 15.2 Å². The van der Waals surface area contributed by atoms with Crippen LogP contribution in [0.5, 0.6) is 0 Å². The first-order chi connectivity index (χ1) is 16.0. The highest BCUT2D eigenvalue weighted by atomic mass is 35.5. The highest BCUT2D eigenvalue weighted by Crippen LogP contribution is 2.21. The van der Waals surface area contributed by atoms with Gasteiger partial charge in [0.05, 0.1) is 34.9 Å². The minimum absolute atomic E-state index is 0.0449. The van der Waals surface area contributed by atoms with E-state index in [4.69, 9.17) is 16.3 Å². The van der Waals surface area contributed by atoms with Gasteiger partial charge in [-0.05, 0) is 36.8 Å². The van der Waals surface area contributed by atoms with Gasteiger partial charge in [-0.2, -0.15) is 0 Å². The monoisotopic (exact) mass is 490 g/mol. The number of carbonyl (C=O) groups is 1. The van der Waals surface area contributed by atoms with Crippen molar-refractivity contribution in [1.82, 2.24) is 14.5 Å². The van der Waals surface area contributed by atoms with Crippen molar-refractivity contribution in [2.75, 3.05) is 43.9 Å². The molecule has 1 aromatic heterocycles. The van der Waals surface area contributed by atoms with Crippen LogP contribution in [0.4, 0.5) is 10.1 Å². The number of carbonyl (C=O) groups excluding carboxylic acids is 1. The molecule has 1 fully saturated rings. The predicted octanol–water partition coefficient (Wildman–Crippen LogP) is 3.64. The smallest absolute Gasteiger partial charge is 0.262 e. The Morgan fingerprint density at radius 2 is 1.97 bits per heavy atom. The number of nitrogens with one attached hydrogen (secondary N) is 1. The molecule has 0 spiro atoms. The molecule has 0 atom stereocenters. The van der Waals surface area contributed by atoms with Gasteiger partial charge < -0.3 is 10.1 Å². The average Bonchev–Trinajstić information content (AvgIpc) is 2.82. The maximum absolute atomic E-state index is 13.3. The van der Waals surface area contributed by atoms with E-state index in [9.17, 15) is 14.0 Å². The topological polar surface area (TPSA) is 76.5 Å². The summed E-state index contributed by atoms with van der Waals surface area (Å²) in [4.78, 5) is 32.6. The molecule has 0 saturated carbocycles. The third-order valence-electron chi connectivity index (χ3n) is 5.32. The number of benzene rings is 2. The van der Waals surface area contributed by atoms with E-state index >= 15 is 0 Å². The standard InChI is InChI=1S/C23H24ClFN4O3S/c24-18-14-16(6-7-19(18)25)26-21(30)15-33-23-27-20-5-2-1-4-17(20)22(31)29(23)9-3-8-28-10-12-32-13-11-28/h1-2,4-7,14H,3,8-13,15H2,(H,26,30). The van der Waals surface area contributed by atoms with Crippen LogP contribution in [0.15, 0.2) is 52.4 Å². The van der Waals surface area contributed by atoms with Gasteiger partial charge in [-0.15, -0.1) is 0 Å². The molecule has 3 aromatic rings. The number of para-hydroxylation sites is 1. The van der Waals surface area contributed by atoms with Crippen molar-refractivity contribution in [2.45, 2.75) is 18.1 Å². The molecule has 1 N–H and O–H groups in total. The number of hydrogen-bond acceptors (Lipinski definition) is 6. The third kappa shape index (κ3) is 6.11. The van der Waals surface area contributed by atoms with Gasteiger partial charge in [0.1, 0.15) is 5.82 Å². The van der Waals surface area contributed by atoms with Crippen molar-refractivity contribution in [3.8, 4) is 0 Å². The molecule has 2 heterocycles. The van der Waals surface area contributed by atoms with Gasteiger partial charge in [0.15, 0.2) is 5.16 Å². The van der Waals surface area contributed by atoms with Crippen LogP contribution >= 0.6 is 23.4 Å². The summed E-state index contributed by atoms with van der Waals surface area (Å²) in [6, 6.07) is 11.2. The van der Waals surface area contributed by atoms with Gasteiger partial charge in [0, 0.05) is 31.9 Å². The fourth-order valence-electron chi connectivity index (χ4n) is 3.63. The zero-order valence-corrected chi connectivity index (χ0v) is 19.5. The summed E-state index contributed by atoms with van der Waals surface area (Å²) in [5.74, 6) is -0.807. The quantitative estimate of drug-likeness (QED) is 0.384. The van der Waals surface area contributed by atoms with E-state index in [-0.39, 0.29) is 22.2 Å². The second-order valence-electron chi connectivity index (χ2n) is 7.64. The summed E-state index contributed by atoms with van der Waals surface area (Å²) in [7, 11) is 0. The van der Waals surface area contributed by atoms with Crippen LogP contribution in [0.25, 0.3) is 10.9 Å². The van der Waals surface area contributed by atoms with Crippen LogP contribution in [0.3, 0.4) is 0 Å². The highest BCUT2D eigenvalue weighted by Gasteiger charge is 2.15. The number of morpholine rings is 1. The molecule has 1 aliphatic rings. The summed E-state index contributed by atoms with van der Waals surface area (Å²) in [5.41, 5.74) is 0.886. The van der Waals surface area contributed by atoms with Gasteiger partial charge in [0.2, 0.25) is 5.91 Å². The van der Waals surface area contributed by atoms with Crippen LogP contribution in [-0.2, 0) is 16.1 Å². The van der Waals surface area contributed by atoms with Crippen molar-refractivity contribution in [3.63, 3.8) is 0 Å². The van der Waals surface area contributed by atoms with E-state index in [1.54, 1.807) is 16.7 Å². The van der Waals surface area contributed by atoms with E-state index in [0.717, 1.165) is 39.3 Å². The maximum atomic E-state index is 13.3. The molecule has 10 heteroatoms. The summed E-state index contributed by atoms with van der Waals surface area (Å²) >= 11 is 6.97. The first-order valence-electron chi connectivity index (χ1n) is 10.7. The first kappa shape index (κ1) is 23.7. The van der Waals surface area contributed by atoms with Crippen LogP contribution in [-0.4, -0.2) is 59.0 Å². The Hall–Kier alpha value is -2.46. The summed E-state index contributed by atoms with van der Waals surface area (Å²) in [5, 5.41) is 3.68. The maximum Gasteiger partial charge on any atom is 0.262 e.